The fourth-order valence-corrected chi connectivity index (χ4v) is 2.19. The van der Waals surface area contributed by atoms with Crippen LogP contribution >= 0.6 is 12.2 Å². The summed E-state index contributed by atoms with van der Waals surface area (Å²) >= 11 is 5.12. The Morgan fingerprint density at radius 2 is 1.94 bits per heavy atom. The van der Waals surface area contributed by atoms with E-state index in [2.05, 4.69) is 10.1 Å². The van der Waals surface area contributed by atoms with Gasteiger partial charge in [0, 0.05) is 11.9 Å². The highest BCUT2D eigenvalue weighted by atomic mass is 32.1. The van der Waals surface area contributed by atoms with E-state index in [0.717, 1.165) is 28.1 Å². The van der Waals surface area contributed by atoms with Gasteiger partial charge in [-0.2, -0.15) is 5.10 Å². The zero-order valence-corrected chi connectivity index (χ0v) is 11.8. The predicted molar refractivity (Wildman–Crippen MR) is 76.2 cm³/mol. The van der Waals surface area contributed by atoms with Crippen LogP contribution in [0, 0.1) is 27.7 Å². The van der Waals surface area contributed by atoms with E-state index in [1.165, 1.54) is 0 Å². The Balaban J connectivity index is 2.75. The number of aryl methyl sites for hydroxylation is 2. The molecule has 2 aromatic rings. The van der Waals surface area contributed by atoms with Crippen LogP contribution in [0.4, 0.5) is 0 Å². The second kappa shape index (κ2) is 4.49. The molecular weight excluding hydrogens is 244 g/mol. The summed E-state index contributed by atoms with van der Waals surface area (Å²) in [6.07, 6.45) is 1.75. The standard InChI is InChI=1S/C13H16N4S/c1-7-5-6-15-13(11(7)12(14)18)17-10(4)8(2)9(3)16-17/h5-6H,1-4H3,(H2,14,18). The first-order chi connectivity index (χ1) is 8.43. The molecule has 0 fully saturated rings. The maximum absolute atomic E-state index is 5.80. The molecule has 0 aliphatic rings. The first kappa shape index (κ1) is 12.7. The highest BCUT2D eigenvalue weighted by Gasteiger charge is 2.16. The molecule has 5 heteroatoms. The monoisotopic (exact) mass is 260 g/mol. The van der Waals surface area contributed by atoms with Crippen molar-refractivity contribution in [1.82, 2.24) is 14.8 Å². The van der Waals surface area contributed by atoms with Gasteiger partial charge in [-0.15, -0.1) is 0 Å². The molecule has 2 aromatic heterocycles. The summed E-state index contributed by atoms with van der Waals surface area (Å²) in [6, 6.07) is 1.90. The van der Waals surface area contributed by atoms with Gasteiger partial charge in [-0.25, -0.2) is 9.67 Å². The molecule has 18 heavy (non-hydrogen) atoms. The summed E-state index contributed by atoms with van der Waals surface area (Å²) in [6.45, 7) is 8.01. The molecule has 94 valence electrons. The third-order valence-electron chi connectivity index (χ3n) is 3.24. The van der Waals surface area contributed by atoms with Crippen LogP contribution < -0.4 is 5.73 Å². The van der Waals surface area contributed by atoms with Crippen molar-refractivity contribution in [1.29, 1.82) is 0 Å². The highest BCUT2D eigenvalue weighted by molar-refractivity contribution is 7.80. The Hall–Kier alpha value is -1.75. The lowest BCUT2D eigenvalue weighted by molar-refractivity contribution is 0.802. The first-order valence-electron chi connectivity index (χ1n) is 5.72. The summed E-state index contributed by atoms with van der Waals surface area (Å²) in [4.78, 5) is 4.73. The van der Waals surface area contributed by atoms with Gasteiger partial charge in [0.05, 0.1) is 11.3 Å². The lowest BCUT2D eigenvalue weighted by atomic mass is 10.1. The SMILES string of the molecule is Cc1ccnc(-n2nc(C)c(C)c2C)c1C(N)=S. The number of thiocarbonyl (C=S) groups is 1. The van der Waals surface area contributed by atoms with Crippen molar-refractivity contribution in [2.24, 2.45) is 5.73 Å². The van der Waals surface area contributed by atoms with E-state index >= 15 is 0 Å². The van der Waals surface area contributed by atoms with Crippen molar-refractivity contribution < 1.29 is 0 Å². The van der Waals surface area contributed by atoms with Crippen LogP contribution in [0.25, 0.3) is 5.82 Å². The van der Waals surface area contributed by atoms with Crippen LogP contribution in [0.15, 0.2) is 12.3 Å². The van der Waals surface area contributed by atoms with Gasteiger partial charge in [0.25, 0.3) is 0 Å². The summed E-state index contributed by atoms with van der Waals surface area (Å²) in [5.41, 5.74) is 10.8. The molecule has 0 radical (unpaired) electrons. The van der Waals surface area contributed by atoms with Crippen molar-refractivity contribution in [2.45, 2.75) is 27.7 Å². The van der Waals surface area contributed by atoms with Gasteiger partial charge in [-0.1, -0.05) is 12.2 Å². The molecule has 0 saturated heterocycles. The van der Waals surface area contributed by atoms with Crippen molar-refractivity contribution in [3.05, 3.63) is 40.3 Å². The molecule has 2 N–H and O–H groups in total. The van der Waals surface area contributed by atoms with Gasteiger partial charge < -0.3 is 5.73 Å². The minimum Gasteiger partial charge on any atom is -0.389 e. The molecule has 0 spiro atoms. The maximum atomic E-state index is 5.80. The third kappa shape index (κ3) is 1.90. The minimum atomic E-state index is 0.348. The Kier molecular flexibility index (Phi) is 3.17. The van der Waals surface area contributed by atoms with E-state index in [0.29, 0.717) is 10.8 Å². The van der Waals surface area contributed by atoms with E-state index in [9.17, 15) is 0 Å². The molecular formula is C13H16N4S. The van der Waals surface area contributed by atoms with E-state index in [1.807, 2.05) is 38.4 Å². The number of nitrogens with zero attached hydrogens (tertiary/aromatic N) is 3. The number of pyridine rings is 1. The fraction of sp³-hybridized carbons (Fsp3) is 0.308. The lowest BCUT2D eigenvalue weighted by Crippen LogP contribution is -2.17. The molecule has 0 unspecified atom stereocenters. The van der Waals surface area contributed by atoms with Crippen LogP contribution in [-0.2, 0) is 0 Å². The van der Waals surface area contributed by atoms with E-state index in [-0.39, 0.29) is 0 Å². The molecule has 0 saturated carbocycles. The number of hydrogen-bond donors (Lipinski definition) is 1. The Morgan fingerprint density at radius 1 is 1.28 bits per heavy atom. The number of hydrogen-bond acceptors (Lipinski definition) is 3. The molecule has 0 aliphatic carbocycles. The molecule has 0 atom stereocenters. The normalized spacial score (nSPS) is 10.7. The molecule has 0 aromatic carbocycles. The van der Waals surface area contributed by atoms with E-state index in [4.69, 9.17) is 18.0 Å². The summed E-state index contributed by atoms with van der Waals surface area (Å²) in [7, 11) is 0. The zero-order chi connectivity index (χ0) is 13.4. The maximum Gasteiger partial charge on any atom is 0.164 e. The predicted octanol–water partition coefficient (Wildman–Crippen LogP) is 2.14. The second-order valence-corrected chi connectivity index (χ2v) is 4.84. The van der Waals surface area contributed by atoms with Crippen molar-refractivity contribution in [3.8, 4) is 5.82 Å². The molecule has 0 amide bonds. The van der Waals surface area contributed by atoms with Crippen LogP contribution in [0.3, 0.4) is 0 Å². The summed E-state index contributed by atoms with van der Waals surface area (Å²) in [5.74, 6) is 0.705. The van der Waals surface area contributed by atoms with Crippen molar-refractivity contribution >= 4 is 17.2 Å². The largest absolute Gasteiger partial charge is 0.389 e. The smallest absolute Gasteiger partial charge is 0.164 e. The van der Waals surface area contributed by atoms with Crippen LogP contribution in [0.2, 0.25) is 0 Å². The van der Waals surface area contributed by atoms with E-state index < -0.39 is 0 Å². The highest BCUT2D eigenvalue weighted by Crippen LogP contribution is 2.20. The Labute approximate surface area is 112 Å². The quantitative estimate of drug-likeness (QED) is 0.840. The van der Waals surface area contributed by atoms with Gasteiger partial charge in [0.15, 0.2) is 5.82 Å². The molecule has 4 nitrogen and oxygen atoms in total. The number of nitrogens with two attached hydrogens (primary N) is 1. The Morgan fingerprint density at radius 3 is 2.44 bits per heavy atom. The number of aromatic nitrogens is 3. The topological polar surface area (TPSA) is 56.7 Å². The van der Waals surface area contributed by atoms with Gasteiger partial charge in [-0.05, 0) is 44.9 Å². The average molecular weight is 260 g/mol. The molecule has 0 bridgehead atoms. The van der Waals surface area contributed by atoms with E-state index in [1.54, 1.807) is 6.20 Å². The fourth-order valence-electron chi connectivity index (χ4n) is 1.94. The average Bonchev–Trinajstić information content (AvgIpc) is 2.56. The number of rotatable bonds is 2. The Bertz CT molecular complexity index is 628. The van der Waals surface area contributed by atoms with Crippen LogP contribution in [-0.4, -0.2) is 19.8 Å². The van der Waals surface area contributed by atoms with Gasteiger partial charge in [0.2, 0.25) is 0 Å². The zero-order valence-electron chi connectivity index (χ0n) is 11.0. The van der Waals surface area contributed by atoms with Crippen molar-refractivity contribution in [3.63, 3.8) is 0 Å². The summed E-state index contributed by atoms with van der Waals surface area (Å²) < 4.78 is 1.81. The summed E-state index contributed by atoms with van der Waals surface area (Å²) in [5, 5.41) is 4.50. The molecule has 2 rings (SSSR count). The van der Waals surface area contributed by atoms with Gasteiger partial charge >= 0.3 is 0 Å². The first-order valence-corrected chi connectivity index (χ1v) is 6.13. The van der Waals surface area contributed by atoms with Crippen LogP contribution in [0.1, 0.15) is 28.1 Å². The third-order valence-corrected chi connectivity index (χ3v) is 3.44. The van der Waals surface area contributed by atoms with Crippen LogP contribution in [0.5, 0.6) is 0 Å². The minimum absolute atomic E-state index is 0.348. The molecule has 0 aliphatic heterocycles. The molecule has 2 heterocycles. The van der Waals surface area contributed by atoms with Crippen molar-refractivity contribution in [2.75, 3.05) is 0 Å². The lowest BCUT2D eigenvalue weighted by Gasteiger charge is -2.11. The van der Waals surface area contributed by atoms with Gasteiger partial charge in [-0.3, -0.25) is 0 Å². The van der Waals surface area contributed by atoms with Gasteiger partial charge in [0.1, 0.15) is 4.99 Å². The second-order valence-electron chi connectivity index (χ2n) is 4.40.